The van der Waals surface area contributed by atoms with Crippen molar-refractivity contribution in [1.29, 1.82) is 0 Å². The Bertz CT molecular complexity index is 338. The summed E-state index contributed by atoms with van der Waals surface area (Å²) in [4.78, 5) is 0. The van der Waals surface area contributed by atoms with Gasteiger partial charge in [-0.25, -0.2) is 0 Å². The van der Waals surface area contributed by atoms with E-state index >= 15 is 0 Å². The van der Waals surface area contributed by atoms with E-state index in [-0.39, 0.29) is 0 Å². The van der Waals surface area contributed by atoms with E-state index in [4.69, 9.17) is 0 Å². The van der Waals surface area contributed by atoms with Crippen LogP contribution in [0.5, 0.6) is 0 Å². The topological polar surface area (TPSA) is 12.0 Å². The molecule has 0 aromatic carbocycles. The Kier molecular flexibility index (Phi) is 5.10. The molecule has 4 aliphatic rings. The molecule has 1 heterocycles. The second-order valence-electron chi connectivity index (χ2n) is 9.07. The molecule has 3 aliphatic carbocycles. The highest BCUT2D eigenvalue weighted by Gasteiger charge is 2.37. The number of piperidine rings is 1. The molecule has 4 rings (SSSR count). The quantitative estimate of drug-likeness (QED) is 0.691. The SMILES string of the molecule is C1CCC(C2CCC(C3CCC4CCCCC4N3)CC2)CC1. The first-order valence-electron chi connectivity index (χ1n) is 10.7. The third-order valence-corrected chi connectivity index (χ3v) is 7.89. The summed E-state index contributed by atoms with van der Waals surface area (Å²) >= 11 is 0. The van der Waals surface area contributed by atoms with E-state index in [9.17, 15) is 0 Å². The Morgan fingerprint density at radius 2 is 0.818 bits per heavy atom. The summed E-state index contributed by atoms with van der Waals surface area (Å²) in [6.07, 6.45) is 22.9. The van der Waals surface area contributed by atoms with Crippen LogP contribution in [0.4, 0.5) is 0 Å². The summed E-state index contributed by atoms with van der Waals surface area (Å²) in [5, 5.41) is 4.12. The standard InChI is InChI=1S/C21H37N/c1-2-6-16(7-3-1)17-10-12-19(13-11-17)21-15-14-18-8-4-5-9-20(18)22-21/h16-22H,1-15H2. The molecule has 1 nitrogen and oxygen atoms in total. The van der Waals surface area contributed by atoms with Crippen molar-refractivity contribution in [2.45, 2.75) is 108 Å². The van der Waals surface area contributed by atoms with Gasteiger partial charge in [-0.2, -0.15) is 0 Å². The Balaban J connectivity index is 1.26. The monoisotopic (exact) mass is 303 g/mol. The number of hydrogen-bond acceptors (Lipinski definition) is 1. The van der Waals surface area contributed by atoms with E-state index in [1.807, 2.05) is 0 Å². The Morgan fingerprint density at radius 3 is 1.64 bits per heavy atom. The molecule has 3 saturated carbocycles. The van der Waals surface area contributed by atoms with E-state index in [0.29, 0.717) is 0 Å². The largest absolute Gasteiger partial charge is 0.311 e. The van der Waals surface area contributed by atoms with Crippen LogP contribution < -0.4 is 5.32 Å². The third-order valence-electron chi connectivity index (χ3n) is 7.89. The van der Waals surface area contributed by atoms with E-state index in [2.05, 4.69) is 5.32 Å². The van der Waals surface area contributed by atoms with E-state index in [1.54, 1.807) is 25.7 Å². The van der Waals surface area contributed by atoms with Crippen LogP contribution in [0.2, 0.25) is 0 Å². The van der Waals surface area contributed by atoms with Gasteiger partial charge in [0.25, 0.3) is 0 Å². The highest BCUT2D eigenvalue weighted by atomic mass is 15.0. The lowest BCUT2D eigenvalue weighted by atomic mass is 9.68. The van der Waals surface area contributed by atoms with Gasteiger partial charge in [0.2, 0.25) is 0 Å². The minimum absolute atomic E-state index is 0.881. The number of fused-ring (bicyclic) bond motifs is 1. The number of rotatable bonds is 2. The second kappa shape index (κ2) is 7.24. The van der Waals surface area contributed by atoms with Crippen LogP contribution in [0.25, 0.3) is 0 Å². The number of nitrogens with one attached hydrogen (secondary N) is 1. The van der Waals surface area contributed by atoms with Crippen LogP contribution in [0.1, 0.15) is 96.3 Å². The van der Waals surface area contributed by atoms with E-state index < -0.39 is 0 Å². The first-order chi connectivity index (χ1) is 10.9. The molecule has 1 saturated heterocycles. The van der Waals surface area contributed by atoms with Crippen molar-refractivity contribution in [3.05, 3.63) is 0 Å². The summed E-state index contributed by atoms with van der Waals surface area (Å²) < 4.78 is 0. The maximum absolute atomic E-state index is 4.12. The molecule has 3 unspecified atom stereocenters. The minimum Gasteiger partial charge on any atom is -0.311 e. The fraction of sp³-hybridized carbons (Fsp3) is 1.00. The fourth-order valence-electron chi connectivity index (χ4n) is 6.52. The van der Waals surface area contributed by atoms with Gasteiger partial charge >= 0.3 is 0 Å². The van der Waals surface area contributed by atoms with E-state index in [1.165, 1.54) is 70.6 Å². The van der Waals surface area contributed by atoms with Crippen molar-refractivity contribution < 1.29 is 0 Å². The molecule has 1 heteroatoms. The zero-order chi connectivity index (χ0) is 14.8. The summed E-state index contributed by atoms with van der Waals surface area (Å²) in [5.41, 5.74) is 0. The smallest absolute Gasteiger partial charge is 0.00981 e. The van der Waals surface area contributed by atoms with Crippen LogP contribution in [-0.4, -0.2) is 12.1 Å². The predicted octanol–water partition coefficient (Wildman–Crippen LogP) is 5.68. The highest BCUT2D eigenvalue weighted by molar-refractivity contribution is 4.93. The van der Waals surface area contributed by atoms with Crippen molar-refractivity contribution in [3.8, 4) is 0 Å². The van der Waals surface area contributed by atoms with Gasteiger partial charge in [0.1, 0.15) is 0 Å². The van der Waals surface area contributed by atoms with Crippen LogP contribution >= 0.6 is 0 Å². The molecule has 0 aromatic heterocycles. The van der Waals surface area contributed by atoms with Crippen molar-refractivity contribution in [1.82, 2.24) is 5.32 Å². The maximum atomic E-state index is 4.12. The van der Waals surface area contributed by atoms with Gasteiger partial charge in [-0.05, 0) is 75.0 Å². The van der Waals surface area contributed by atoms with Crippen LogP contribution in [0.15, 0.2) is 0 Å². The molecule has 0 radical (unpaired) electrons. The van der Waals surface area contributed by atoms with Crippen LogP contribution in [-0.2, 0) is 0 Å². The first kappa shape index (κ1) is 15.5. The van der Waals surface area contributed by atoms with Crippen molar-refractivity contribution in [2.24, 2.45) is 23.7 Å². The number of hydrogen-bond donors (Lipinski definition) is 1. The average Bonchev–Trinajstić information content (AvgIpc) is 2.62. The van der Waals surface area contributed by atoms with Gasteiger partial charge in [0, 0.05) is 12.1 Å². The summed E-state index contributed by atoms with van der Waals surface area (Å²) in [7, 11) is 0. The maximum Gasteiger partial charge on any atom is 0.00981 e. The zero-order valence-electron chi connectivity index (χ0n) is 14.6. The van der Waals surface area contributed by atoms with Gasteiger partial charge in [-0.3, -0.25) is 0 Å². The Labute approximate surface area is 138 Å². The lowest BCUT2D eigenvalue weighted by Gasteiger charge is -2.45. The van der Waals surface area contributed by atoms with Gasteiger partial charge in [0.15, 0.2) is 0 Å². The van der Waals surface area contributed by atoms with Gasteiger partial charge in [-0.1, -0.05) is 44.9 Å². The molecular formula is C21H37N. The van der Waals surface area contributed by atoms with Gasteiger partial charge in [-0.15, -0.1) is 0 Å². The summed E-state index contributed by atoms with van der Waals surface area (Å²) in [5.74, 6) is 4.26. The van der Waals surface area contributed by atoms with Crippen molar-refractivity contribution >= 4 is 0 Å². The Morgan fingerprint density at radius 1 is 0.364 bits per heavy atom. The normalized spacial score (nSPS) is 44.5. The molecule has 1 N–H and O–H groups in total. The lowest BCUT2D eigenvalue weighted by molar-refractivity contribution is 0.103. The van der Waals surface area contributed by atoms with E-state index in [0.717, 1.165) is 35.8 Å². The molecule has 3 atom stereocenters. The third kappa shape index (κ3) is 3.40. The Hall–Kier alpha value is -0.0400. The van der Waals surface area contributed by atoms with Gasteiger partial charge in [0.05, 0.1) is 0 Å². The molecule has 126 valence electrons. The molecule has 0 aromatic rings. The van der Waals surface area contributed by atoms with Crippen molar-refractivity contribution in [3.63, 3.8) is 0 Å². The highest BCUT2D eigenvalue weighted by Crippen LogP contribution is 2.43. The molecule has 0 amide bonds. The summed E-state index contributed by atoms with van der Waals surface area (Å²) in [6, 6.07) is 1.77. The predicted molar refractivity (Wildman–Crippen MR) is 93.9 cm³/mol. The molecule has 22 heavy (non-hydrogen) atoms. The summed E-state index contributed by atoms with van der Waals surface area (Å²) in [6.45, 7) is 0. The minimum atomic E-state index is 0.881. The van der Waals surface area contributed by atoms with Crippen molar-refractivity contribution in [2.75, 3.05) is 0 Å². The molecule has 0 spiro atoms. The average molecular weight is 304 g/mol. The molecular weight excluding hydrogens is 266 g/mol. The van der Waals surface area contributed by atoms with Crippen LogP contribution in [0, 0.1) is 23.7 Å². The molecule has 4 fully saturated rings. The fourth-order valence-corrected chi connectivity index (χ4v) is 6.52. The zero-order valence-corrected chi connectivity index (χ0v) is 14.6. The second-order valence-corrected chi connectivity index (χ2v) is 9.07. The van der Waals surface area contributed by atoms with Crippen LogP contribution in [0.3, 0.4) is 0 Å². The molecule has 0 bridgehead atoms. The lowest BCUT2D eigenvalue weighted by Crippen LogP contribution is -2.52. The van der Waals surface area contributed by atoms with Gasteiger partial charge < -0.3 is 5.32 Å². The first-order valence-corrected chi connectivity index (χ1v) is 10.7. The molecule has 1 aliphatic heterocycles.